The van der Waals surface area contributed by atoms with E-state index in [2.05, 4.69) is 10.6 Å². The van der Waals surface area contributed by atoms with Crippen LogP contribution >= 0.6 is 0 Å². The third kappa shape index (κ3) is 3.94. The molecule has 4 amide bonds. The number of benzene rings is 2. The molecule has 0 radical (unpaired) electrons. The van der Waals surface area contributed by atoms with Crippen LogP contribution in [0.5, 0.6) is 0 Å². The minimum Gasteiger partial charge on any atom is -0.352 e. The van der Waals surface area contributed by atoms with E-state index in [0.29, 0.717) is 11.1 Å². The first-order valence-electron chi connectivity index (χ1n) is 11.0. The van der Waals surface area contributed by atoms with Crippen LogP contribution in [-0.4, -0.2) is 35.3 Å². The number of amides is 4. The Morgan fingerprint density at radius 3 is 2.39 bits per heavy atom. The van der Waals surface area contributed by atoms with Gasteiger partial charge in [-0.05, 0) is 48.9 Å². The van der Waals surface area contributed by atoms with E-state index in [-0.39, 0.29) is 18.5 Å². The number of imide groups is 1. The van der Waals surface area contributed by atoms with Crippen molar-refractivity contribution in [1.82, 2.24) is 15.5 Å². The number of nitrogens with one attached hydrogen (secondary N) is 2. The number of urea groups is 1. The van der Waals surface area contributed by atoms with E-state index in [1.165, 1.54) is 6.42 Å². The smallest absolute Gasteiger partial charge is 0.326 e. The summed E-state index contributed by atoms with van der Waals surface area (Å²) >= 11 is 0. The molecule has 2 aromatic carbocycles. The fourth-order valence-corrected chi connectivity index (χ4v) is 4.60. The summed E-state index contributed by atoms with van der Waals surface area (Å²) in [4.78, 5) is 40.4. The van der Waals surface area contributed by atoms with Crippen molar-refractivity contribution in [2.75, 3.05) is 6.54 Å². The van der Waals surface area contributed by atoms with Crippen molar-refractivity contribution in [2.24, 2.45) is 0 Å². The molecule has 6 heteroatoms. The van der Waals surface area contributed by atoms with Crippen molar-refractivity contribution in [3.63, 3.8) is 0 Å². The second-order valence-electron chi connectivity index (χ2n) is 8.64. The van der Waals surface area contributed by atoms with E-state index in [4.69, 9.17) is 0 Å². The number of carbonyl (C=O) groups is 3. The average molecular weight is 420 g/mol. The number of rotatable bonds is 5. The third-order valence-corrected chi connectivity index (χ3v) is 6.52. The molecule has 2 N–H and O–H groups in total. The van der Waals surface area contributed by atoms with Gasteiger partial charge in [0, 0.05) is 6.04 Å². The Morgan fingerprint density at radius 1 is 1.00 bits per heavy atom. The van der Waals surface area contributed by atoms with Crippen molar-refractivity contribution >= 4 is 17.8 Å². The van der Waals surface area contributed by atoms with Gasteiger partial charge in [0.15, 0.2) is 5.54 Å². The van der Waals surface area contributed by atoms with Gasteiger partial charge in [-0.1, -0.05) is 67.8 Å². The first-order chi connectivity index (χ1) is 14.9. The molecule has 1 saturated carbocycles. The lowest BCUT2D eigenvalue weighted by Gasteiger charge is -2.29. The van der Waals surface area contributed by atoms with Crippen molar-refractivity contribution in [2.45, 2.75) is 57.5 Å². The summed E-state index contributed by atoms with van der Waals surface area (Å²) in [5.41, 5.74) is 2.15. The van der Waals surface area contributed by atoms with Crippen molar-refractivity contribution in [3.8, 4) is 0 Å². The highest BCUT2D eigenvalue weighted by molar-refractivity contribution is 6.11. The van der Waals surface area contributed by atoms with E-state index in [1.807, 2.05) is 62.4 Å². The topological polar surface area (TPSA) is 78.5 Å². The normalized spacial score (nSPS) is 21.8. The lowest BCUT2D eigenvalue weighted by Crippen LogP contribution is -2.47. The van der Waals surface area contributed by atoms with Gasteiger partial charge >= 0.3 is 6.03 Å². The minimum absolute atomic E-state index is 0.126. The molecule has 1 heterocycles. The van der Waals surface area contributed by atoms with Crippen LogP contribution in [0.3, 0.4) is 0 Å². The van der Waals surface area contributed by atoms with E-state index in [1.54, 1.807) is 0 Å². The Hall–Kier alpha value is -3.15. The van der Waals surface area contributed by atoms with E-state index >= 15 is 0 Å². The van der Waals surface area contributed by atoms with Gasteiger partial charge in [-0.15, -0.1) is 0 Å². The molecular formula is C25H29N3O3. The molecule has 162 valence electrons. The highest BCUT2D eigenvalue weighted by atomic mass is 16.2. The van der Waals surface area contributed by atoms with Crippen LogP contribution in [-0.2, 0) is 15.1 Å². The van der Waals surface area contributed by atoms with Gasteiger partial charge in [0.1, 0.15) is 6.54 Å². The Labute approximate surface area is 183 Å². The SMILES string of the molecule is Cc1ccc([C@@]2(c3ccccc3)NC(=O)N(CC(=O)NC3CCCCC3)C2=O)cc1C. The molecule has 0 bridgehead atoms. The summed E-state index contributed by atoms with van der Waals surface area (Å²) in [5.74, 6) is -0.718. The zero-order chi connectivity index (χ0) is 22.0. The Balaban J connectivity index is 1.65. The molecule has 6 nitrogen and oxygen atoms in total. The predicted molar refractivity (Wildman–Crippen MR) is 118 cm³/mol. The van der Waals surface area contributed by atoms with Gasteiger partial charge in [0.25, 0.3) is 5.91 Å². The van der Waals surface area contributed by atoms with Gasteiger partial charge in [-0.3, -0.25) is 14.5 Å². The second-order valence-corrected chi connectivity index (χ2v) is 8.64. The summed E-state index contributed by atoms with van der Waals surface area (Å²) in [6, 6.07) is 14.6. The molecule has 1 atom stereocenters. The zero-order valence-electron chi connectivity index (χ0n) is 18.1. The van der Waals surface area contributed by atoms with E-state index in [9.17, 15) is 14.4 Å². The molecule has 31 heavy (non-hydrogen) atoms. The largest absolute Gasteiger partial charge is 0.352 e. The summed E-state index contributed by atoms with van der Waals surface area (Å²) in [6.45, 7) is 3.71. The number of carbonyl (C=O) groups excluding carboxylic acids is 3. The van der Waals surface area contributed by atoms with Crippen LogP contribution in [0.15, 0.2) is 48.5 Å². The number of hydrogen-bond acceptors (Lipinski definition) is 3. The second kappa shape index (κ2) is 8.53. The maximum atomic E-state index is 13.7. The van der Waals surface area contributed by atoms with Crippen LogP contribution in [0.4, 0.5) is 4.79 Å². The fraction of sp³-hybridized carbons (Fsp3) is 0.400. The monoisotopic (exact) mass is 419 g/mol. The van der Waals surface area contributed by atoms with Crippen molar-refractivity contribution < 1.29 is 14.4 Å². The number of hydrogen-bond donors (Lipinski definition) is 2. The van der Waals surface area contributed by atoms with Crippen LogP contribution in [0, 0.1) is 13.8 Å². The first-order valence-corrected chi connectivity index (χ1v) is 11.0. The Morgan fingerprint density at radius 2 is 1.71 bits per heavy atom. The average Bonchev–Trinajstić information content (AvgIpc) is 3.02. The van der Waals surface area contributed by atoms with Crippen LogP contribution in [0.2, 0.25) is 0 Å². The molecule has 1 saturated heterocycles. The van der Waals surface area contributed by atoms with Gasteiger partial charge in [0.05, 0.1) is 0 Å². The number of aryl methyl sites for hydroxylation is 2. The Kier molecular flexibility index (Phi) is 5.81. The Bertz CT molecular complexity index is 998. The molecular weight excluding hydrogens is 390 g/mol. The van der Waals surface area contributed by atoms with E-state index < -0.39 is 17.5 Å². The molecule has 1 aliphatic heterocycles. The maximum Gasteiger partial charge on any atom is 0.326 e. The molecule has 2 fully saturated rings. The summed E-state index contributed by atoms with van der Waals surface area (Å²) in [7, 11) is 0. The van der Waals surface area contributed by atoms with Crippen molar-refractivity contribution in [1.29, 1.82) is 0 Å². The molecule has 2 aliphatic rings. The van der Waals surface area contributed by atoms with Crippen LogP contribution in [0.1, 0.15) is 54.4 Å². The predicted octanol–water partition coefficient (Wildman–Crippen LogP) is 3.55. The first kappa shape index (κ1) is 21.1. The van der Waals surface area contributed by atoms with Crippen LogP contribution < -0.4 is 10.6 Å². The van der Waals surface area contributed by atoms with E-state index in [0.717, 1.165) is 41.7 Å². The van der Waals surface area contributed by atoms with Gasteiger partial charge < -0.3 is 10.6 Å². The quantitative estimate of drug-likeness (QED) is 0.728. The molecule has 1 aliphatic carbocycles. The molecule has 0 unspecified atom stereocenters. The number of nitrogens with zero attached hydrogens (tertiary/aromatic N) is 1. The summed E-state index contributed by atoms with van der Waals surface area (Å²) < 4.78 is 0. The highest BCUT2D eigenvalue weighted by Gasteiger charge is 2.54. The highest BCUT2D eigenvalue weighted by Crippen LogP contribution is 2.36. The summed E-state index contributed by atoms with van der Waals surface area (Å²) in [5, 5.41) is 5.91. The molecule has 2 aromatic rings. The zero-order valence-corrected chi connectivity index (χ0v) is 18.1. The maximum absolute atomic E-state index is 13.7. The van der Waals surface area contributed by atoms with Crippen LogP contribution in [0.25, 0.3) is 0 Å². The molecule has 4 rings (SSSR count). The minimum atomic E-state index is -1.35. The van der Waals surface area contributed by atoms with Gasteiger partial charge in [-0.2, -0.15) is 0 Å². The van der Waals surface area contributed by atoms with Gasteiger partial charge in [0.2, 0.25) is 5.91 Å². The van der Waals surface area contributed by atoms with Crippen molar-refractivity contribution in [3.05, 3.63) is 70.8 Å². The molecule has 0 spiro atoms. The third-order valence-electron chi connectivity index (χ3n) is 6.52. The fourth-order valence-electron chi connectivity index (χ4n) is 4.60. The summed E-state index contributed by atoms with van der Waals surface area (Å²) in [6.07, 6.45) is 5.27. The molecule has 0 aromatic heterocycles. The lowest BCUT2D eigenvalue weighted by atomic mass is 9.81. The van der Waals surface area contributed by atoms with Gasteiger partial charge in [-0.25, -0.2) is 4.79 Å². The standard InChI is InChI=1S/C25H29N3O3/c1-17-13-14-20(15-18(17)2)25(19-9-5-3-6-10-19)23(30)28(24(31)27-25)16-22(29)26-21-11-7-4-8-12-21/h3,5-6,9-10,13-15,21H,4,7-8,11-12,16H2,1-2H3,(H,26,29)(H,27,31)/t25-/m1/s1. The lowest BCUT2D eigenvalue weighted by molar-refractivity contribution is -0.134.